The van der Waals surface area contributed by atoms with E-state index in [2.05, 4.69) is 162 Å². The normalized spacial score (nSPS) is 11.8. The number of hydrogen-bond donors (Lipinski definition) is 0. The SMILES string of the molecule is c1ccc(-c2ccc3c(c2)c2cc(-c4ccccc4)ccc2n3-c2ccc3c(c2)-c2ccccc2-c2ccccc2O3)cc1. The fourth-order valence-electron chi connectivity index (χ4n) is 6.73. The standard InChI is InChI=1S/C42H27NO/c1-3-11-28(12-4-1)30-19-22-39-36(25-30)37-26-31(29-13-5-2-6-14-29)20-23-40(37)43(39)32-21-24-42-38(27-32)34-16-8-7-15-33(34)35-17-9-10-18-41(35)44-42/h1-27H. The van der Waals surface area contributed by atoms with Gasteiger partial charge in [-0.3, -0.25) is 0 Å². The summed E-state index contributed by atoms with van der Waals surface area (Å²) in [6.45, 7) is 0. The Morgan fingerprint density at radius 3 is 1.45 bits per heavy atom. The van der Waals surface area contributed by atoms with E-state index in [9.17, 15) is 0 Å². The van der Waals surface area contributed by atoms with E-state index in [0.717, 1.165) is 28.3 Å². The van der Waals surface area contributed by atoms with Crippen molar-refractivity contribution in [1.82, 2.24) is 4.57 Å². The Balaban J connectivity index is 1.30. The molecule has 1 aromatic heterocycles. The largest absolute Gasteiger partial charge is 0.456 e. The van der Waals surface area contributed by atoms with E-state index in [-0.39, 0.29) is 0 Å². The predicted molar refractivity (Wildman–Crippen MR) is 183 cm³/mol. The van der Waals surface area contributed by atoms with Crippen molar-refractivity contribution in [1.29, 1.82) is 0 Å². The molecular weight excluding hydrogens is 534 g/mol. The molecule has 206 valence electrons. The van der Waals surface area contributed by atoms with Gasteiger partial charge < -0.3 is 9.30 Å². The highest BCUT2D eigenvalue weighted by atomic mass is 16.5. The van der Waals surface area contributed by atoms with Crippen molar-refractivity contribution in [3.05, 3.63) is 164 Å². The maximum absolute atomic E-state index is 6.55. The van der Waals surface area contributed by atoms with Gasteiger partial charge in [0.05, 0.1) is 11.0 Å². The van der Waals surface area contributed by atoms with Crippen LogP contribution in [0.3, 0.4) is 0 Å². The van der Waals surface area contributed by atoms with Crippen molar-refractivity contribution in [3.63, 3.8) is 0 Å². The second-order valence-electron chi connectivity index (χ2n) is 11.4. The van der Waals surface area contributed by atoms with Crippen molar-refractivity contribution < 1.29 is 4.74 Å². The average molecular weight is 562 g/mol. The smallest absolute Gasteiger partial charge is 0.135 e. The van der Waals surface area contributed by atoms with Crippen LogP contribution in [0.5, 0.6) is 11.5 Å². The highest BCUT2D eigenvalue weighted by Crippen LogP contribution is 2.47. The molecular formula is C42H27NO. The lowest BCUT2D eigenvalue weighted by molar-refractivity contribution is 0.487. The topological polar surface area (TPSA) is 14.2 Å². The molecule has 0 N–H and O–H groups in total. The van der Waals surface area contributed by atoms with Crippen molar-refractivity contribution >= 4 is 21.8 Å². The Labute approximate surface area is 256 Å². The van der Waals surface area contributed by atoms with Gasteiger partial charge in [0.15, 0.2) is 0 Å². The Bertz CT molecular complexity index is 2250. The number of ether oxygens (including phenoxy) is 1. The van der Waals surface area contributed by atoms with E-state index in [0.29, 0.717) is 0 Å². The quantitative estimate of drug-likeness (QED) is 0.209. The molecule has 0 saturated heterocycles. The summed E-state index contributed by atoms with van der Waals surface area (Å²) < 4.78 is 8.95. The minimum absolute atomic E-state index is 0.865. The molecule has 0 aliphatic carbocycles. The predicted octanol–water partition coefficient (Wildman–Crippen LogP) is 11.6. The van der Waals surface area contributed by atoms with Crippen LogP contribution in [0.15, 0.2) is 164 Å². The van der Waals surface area contributed by atoms with Crippen molar-refractivity contribution in [2.45, 2.75) is 0 Å². The Morgan fingerprint density at radius 2 is 0.841 bits per heavy atom. The minimum atomic E-state index is 0.865. The van der Waals surface area contributed by atoms with E-state index in [1.165, 1.54) is 55.2 Å². The van der Waals surface area contributed by atoms with Gasteiger partial charge in [0.25, 0.3) is 0 Å². The molecule has 7 aromatic carbocycles. The monoisotopic (exact) mass is 561 g/mol. The third kappa shape index (κ3) is 3.89. The molecule has 0 amide bonds. The minimum Gasteiger partial charge on any atom is -0.456 e. The van der Waals surface area contributed by atoms with Gasteiger partial charge >= 0.3 is 0 Å². The van der Waals surface area contributed by atoms with Crippen LogP contribution < -0.4 is 4.74 Å². The van der Waals surface area contributed by atoms with Crippen LogP contribution in [-0.4, -0.2) is 4.57 Å². The molecule has 8 aromatic rings. The molecule has 9 rings (SSSR count). The van der Waals surface area contributed by atoms with Crippen LogP contribution in [0.4, 0.5) is 0 Å². The van der Waals surface area contributed by atoms with Gasteiger partial charge in [0.2, 0.25) is 0 Å². The van der Waals surface area contributed by atoms with Crippen LogP contribution in [-0.2, 0) is 0 Å². The Hall–Kier alpha value is -5.86. The first-order valence-electron chi connectivity index (χ1n) is 15.0. The zero-order valence-corrected chi connectivity index (χ0v) is 23.9. The lowest BCUT2D eigenvalue weighted by Crippen LogP contribution is -1.96. The van der Waals surface area contributed by atoms with Crippen LogP contribution in [0.25, 0.3) is 72.0 Å². The summed E-state index contributed by atoms with van der Waals surface area (Å²) in [7, 11) is 0. The number of hydrogen-bond acceptors (Lipinski definition) is 1. The summed E-state index contributed by atoms with van der Waals surface area (Å²) >= 11 is 0. The molecule has 0 atom stereocenters. The number of rotatable bonds is 3. The summed E-state index contributed by atoms with van der Waals surface area (Å²) in [4.78, 5) is 0. The lowest BCUT2D eigenvalue weighted by atomic mass is 9.94. The summed E-state index contributed by atoms with van der Waals surface area (Å²) in [6, 6.07) is 58.5. The molecule has 0 bridgehead atoms. The molecule has 0 spiro atoms. The molecule has 44 heavy (non-hydrogen) atoms. The van der Waals surface area contributed by atoms with E-state index in [1.807, 2.05) is 6.07 Å². The van der Waals surface area contributed by atoms with Crippen molar-refractivity contribution in [2.75, 3.05) is 0 Å². The number of para-hydroxylation sites is 1. The second-order valence-corrected chi connectivity index (χ2v) is 11.4. The Morgan fingerprint density at radius 1 is 0.341 bits per heavy atom. The van der Waals surface area contributed by atoms with Gasteiger partial charge in [-0.05, 0) is 81.9 Å². The fraction of sp³-hybridized carbons (Fsp3) is 0. The molecule has 0 saturated carbocycles. The summed E-state index contributed by atoms with van der Waals surface area (Å²) in [5, 5.41) is 2.47. The number of nitrogens with zero attached hydrogens (tertiary/aromatic N) is 1. The zero-order chi connectivity index (χ0) is 29.0. The van der Waals surface area contributed by atoms with E-state index < -0.39 is 0 Å². The highest BCUT2D eigenvalue weighted by molar-refractivity contribution is 6.11. The third-order valence-corrected chi connectivity index (χ3v) is 8.82. The summed E-state index contributed by atoms with van der Waals surface area (Å²) in [5.41, 5.74) is 12.9. The number of aromatic nitrogens is 1. The van der Waals surface area contributed by atoms with Crippen LogP contribution in [0.2, 0.25) is 0 Å². The molecule has 2 nitrogen and oxygen atoms in total. The molecule has 1 aliphatic heterocycles. The van der Waals surface area contributed by atoms with Gasteiger partial charge in [-0.15, -0.1) is 0 Å². The molecule has 2 heteroatoms. The van der Waals surface area contributed by atoms with Crippen molar-refractivity contribution in [2.24, 2.45) is 0 Å². The van der Waals surface area contributed by atoms with E-state index in [4.69, 9.17) is 4.74 Å². The zero-order valence-electron chi connectivity index (χ0n) is 23.9. The molecule has 1 aliphatic rings. The number of fused-ring (bicyclic) bond motifs is 8. The molecule has 0 unspecified atom stereocenters. The second kappa shape index (κ2) is 9.86. The van der Waals surface area contributed by atoms with Gasteiger partial charge in [-0.2, -0.15) is 0 Å². The van der Waals surface area contributed by atoms with Crippen LogP contribution >= 0.6 is 0 Å². The van der Waals surface area contributed by atoms with Gasteiger partial charge in [-0.25, -0.2) is 0 Å². The van der Waals surface area contributed by atoms with Gasteiger partial charge in [0.1, 0.15) is 11.5 Å². The van der Waals surface area contributed by atoms with Crippen molar-refractivity contribution in [3.8, 4) is 61.7 Å². The first kappa shape index (κ1) is 24.7. The van der Waals surface area contributed by atoms with Gasteiger partial charge in [0, 0.05) is 27.6 Å². The Kier molecular flexibility index (Phi) is 5.54. The highest BCUT2D eigenvalue weighted by Gasteiger charge is 2.22. The first-order chi connectivity index (χ1) is 21.8. The van der Waals surface area contributed by atoms with Gasteiger partial charge in [-0.1, -0.05) is 115 Å². The molecule has 2 heterocycles. The first-order valence-corrected chi connectivity index (χ1v) is 15.0. The molecule has 0 radical (unpaired) electrons. The molecule has 0 fully saturated rings. The summed E-state index contributed by atoms with van der Waals surface area (Å²) in [5.74, 6) is 1.75. The van der Waals surface area contributed by atoms with Crippen LogP contribution in [0.1, 0.15) is 0 Å². The number of benzene rings is 7. The maximum atomic E-state index is 6.55. The van der Waals surface area contributed by atoms with E-state index >= 15 is 0 Å². The van der Waals surface area contributed by atoms with E-state index in [1.54, 1.807) is 0 Å². The average Bonchev–Trinajstić information content (AvgIpc) is 3.34. The maximum Gasteiger partial charge on any atom is 0.135 e. The van der Waals surface area contributed by atoms with Crippen LogP contribution in [0, 0.1) is 0 Å². The fourth-order valence-corrected chi connectivity index (χ4v) is 6.73. The summed E-state index contributed by atoms with van der Waals surface area (Å²) in [6.07, 6.45) is 0. The third-order valence-electron chi connectivity index (χ3n) is 8.82. The lowest BCUT2D eigenvalue weighted by Gasteiger charge is -2.14.